The summed E-state index contributed by atoms with van der Waals surface area (Å²) in [7, 11) is 0. The smallest absolute Gasteiger partial charge is 0.448 e. The van der Waals surface area contributed by atoms with Crippen LogP contribution in [0.4, 0.5) is 0 Å². The van der Waals surface area contributed by atoms with Crippen LogP contribution >= 0.6 is 0 Å². The second-order valence-corrected chi connectivity index (χ2v) is 5.77. The molecule has 0 amide bonds. The normalized spacial score (nSPS) is 18.7. The van der Waals surface area contributed by atoms with Crippen molar-refractivity contribution < 1.29 is 47.1 Å². The van der Waals surface area contributed by atoms with Gasteiger partial charge in [0.2, 0.25) is 0 Å². The molecule has 120 valence electrons. The number of ketones is 3. The maximum atomic E-state index is 11.3. The Hall–Kier alpha value is -0.00610. The third kappa shape index (κ3) is 9.90. The number of Topliss-reactive ketones (excluding diaryl/α,β-unsaturated/α-hetero) is 3. The summed E-state index contributed by atoms with van der Waals surface area (Å²) >= 11 is 0. The molecule has 7 heteroatoms. The van der Waals surface area contributed by atoms with Crippen LogP contribution in [0.3, 0.4) is 0 Å². The Bertz CT molecular complexity index is 321. The van der Waals surface area contributed by atoms with Gasteiger partial charge in [-0.15, -0.1) is 6.54 Å². The van der Waals surface area contributed by atoms with E-state index in [0.717, 1.165) is 26.2 Å². The maximum Gasteiger partial charge on any atom is 3.00 e. The quantitative estimate of drug-likeness (QED) is 0.592. The molecule has 1 saturated heterocycles. The topological polar surface area (TPSA) is 60.9 Å². The summed E-state index contributed by atoms with van der Waals surface area (Å²) in [5.41, 5.74) is 0. The zero-order chi connectivity index (χ0) is 15.8. The standard InChI is InChI=1S/C15H26N3O3.Y/c1-13(19)10-16-4-6-17(11-14(2)20)8-9-18(7-5-16)12-15(3)21;/h4H,5-12H2,1-3H3;/q-1;+3. The average molecular weight is 385 g/mol. The number of rotatable bonds is 6. The number of carbonyl (C=O) groups is 3. The molecule has 0 aromatic rings. The van der Waals surface area contributed by atoms with E-state index in [2.05, 4.69) is 4.90 Å². The summed E-state index contributed by atoms with van der Waals surface area (Å²) in [6.07, 6.45) is 0. The van der Waals surface area contributed by atoms with Crippen molar-refractivity contribution in [3.8, 4) is 0 Å². The molecule has 0 spiro atoms. The van der Waals surface area contributed by atoms with E-state index in [1.165, 1.54) is 0 Å². The van der Waals surface area contributed by atoms with Crippen LogP contribution in [0.1, 0.15) is 20.8 Å². The van der Waals surface area contributed by atoms with Crippen LogP contribution in [0, 0.1) is 6.54 Å². The zero-order valence-electron chi connectivity index (χ0n) is 13.9. The zero-order valence-corrected chi connectivity index (χ0v) is 16.7. The Balaban J connectivity index is 0.00000441. The van der Waals surface area contributed by atoms with Gasteiger partial charge in [0.15, 0.2) is 0 Å². The average Bonchev–Trinajstić information content (AvgIpc) is 2.42. The van der Waals surface area contributed by atoms with Gasteiger partial charge >= 0.3 is 32.7 Å². The van der Waals surface area contributed by atoms with E-state index >= 15 is 0 Å². The molecular weight excluding hydrogens is 359 g/mol. The van der Waals surface area contributed by atoms with Gasteiger partial charge in [0.05, 0.1) is 13.1 Å². The third-order valence-corrected chi connectivity index (χ3v) is 3.35. The van der Waals surface area contributed by atoms with Crippen molar-refractivity contribution in [3.63, 3.8) is 0 Å². The van der Waals surface area contributed by atoms with Crippen LogP contribution in [0.2, 0.25) is 0 Å². The molecule has 0 aromatic heterocycles. The van der Waals surface area contributed by atoms with Crippen LogP contribution < -0.4 is 0 Å². The van der Waals surface area contributed by atoms with Gasteiger partial charge in [-0.05, 0) is 27.3 Å². The van der Waals surface area contributed by atoms with Crippen LogP contribution in [-0.4, -0.2) is 84.4 Å². The minimum atomic E-state index is 0. The van der Waals surface area contributed by atoms with E-state index in [9.17, 15) is 14.4 Å². The van der Waals surface area contributed by atoms with E-state index < -0.39 is 0 Å². The third-order valence-electron chi connectivity index (χ3n) is 3.35. The van der Waals surface area contributed by atoms with Crippen molar-refractivity contribution in [3.05, 3.63) is 6.54 Å². The summed E-state index contributed by atoms with van der Waals surface area (Å²) in [4.78, 5) is 40.1. The molecule has 22 heavy (non-hydrogen) atoms. The van der Waals surface area contributed by atoms with Gasteiger partial charge in [-0.1, -0.05) is 0 Å². The molecular formula is C15H26N3O3Y+2. The fourth-order valence-electron chi connectivity index (χ4n) is 2.44. The van der Waals surface area contributed by atoms with Crippen molar-refractivity contribution >= 4 is 17.3 Å². The second kappa shape index (κ2) is 11.5. The minimum absolute atomic E-state index is 0. The summed E-state index contributed by atoms with van der Waals surface area (Å²) in [6.45, 7) is 11.5. The van der Waals surface area contributed by atoms with Crippen LogP contribution in [-0.2, 0) is 47.1 Å². The molecule has 0 radical (unpaired) electrons. The SMILES string of the molecule is CC(=O)CN1[CH-]CN(CC(C)=O)CCN(CC(C)=O)CC1.[Y+3]. The van der Waals surface area contributed by atoms with Crippen molar-refractivity contribution in [1.82, 2.24) is 14.7 Å². The molecule has 1 aliphatic rings. The van der Waals surface area contributed by atoms with Gasteiger partial charge in [0.1, 0.15) is 17.3 Å². The molecule has 0 saturated carbocycles. The van der Waals surface area contributed by atoms with E-state index in [1.807, 2.05) is 16.3 Å². The van der Waals surface area contributed by atoms with E-state index in [1.54, 1.807) is 20.8 Å². The van der Waals surface area contributed by atoms with E-state index in [0.29, 0.717) is 26.2 Å². The molecule has 1 rings (SSSR count). The van der Waals surface area contributed by atoms with E-state index in [-0.39, 0.29) is 50.1 Å². The minimum Gasteiger partial charge on any atom is -0.448 e. The van der Waals surface area contributed by atoms with Gasteiger partial charge < -0.3 is 9.80 Å². The van der Waals surface area contributed by atoms with E-state index in [4.69, 9.17) is 0 Å². The molecule has 0 bridgehead atoms. The van der Waals surface area contributed by atoms with Crippen molar-refractivity contribution in [2.45, 2.75) is 20.8 Å². The summed E-state index contributed by atoms with van der Waals surface area (Å²) in [5.74, 6) is 0.370. The summed E-state index contributed by atoms with van der Waals surface area (Å²) < 4.78 is 0. The van der Waals surface area contributed by atoms with Gasteiger partial charge in [-0.3, -0.25) is 25.8 Å². The van der Waals surface area contributed by atoms with Crippen molar-refractivity contribution in [1.29, 1.82) is 0 Å². The Morgan fingerprint density at radius 1 is 0.773 bits per heavy atom. The van der Waals surface area contributed by atoms with Crippen molar-refractivity contribution in [2.24, 2.45) is 0 Å². The van der Waals surface area contributed by atoms with Gasteiger partial charge in [-0.25, -0.2) is 0 Å². The largest absolute Gasteiger partial charge is 3.00 e. The fourth-order valence-corrected chi connectivity index (χ4v) is 2.44. The summed E-state index contributed by atoms with van der Waals surface area (Å²) in [6, 6.07) is 0. The van der Waals surface area contributed by atoms with Gasteiger partial charge in [-0.2, -0.15) is 0 Å². The molecule has 1 aliphatic heterocycles. The van der Waals surface area contributed by atoms with Crippen molar-refractivity contribution in [2.75, 3.05) is 52.4 Å². The Labute approximate surface area is 158 Å². The molecule has 0 N–H and O–H groups in total. The molecule has 0 atom stereocenters. The number of hydrogen-bond donors (Lipinski definition) is 0. The molecule has 0 aromatic carbocycles. The fraction of sp³-hybridized carbons (Fsp3) is 0.733. The second-order valence-electron chi connectivity index (χ2n) is 5.77. The Morgan fingerprint density at radius 3 is 1.77 bits per heavy atom. The number of nitrogens with zero attached hydrogens (tertiary/aromatic N) is 3. The van der Waals surface area contributed by atoms with Gasteiger partial charge in [0, 0.05) is 26.2 Å². The molecule has 1 fully saturated rings. The molecule has 0 unspecified atom stereocenters. The predicted octanol–water partition coefficient (Wildman–Crippen LogP) is -0.168. The summed E-state index contributed by atoms with van der Waals surface area (Å²) in [5, 5.41) is 0. The van der Waals surface area contributed by atoms with Crippen LogP contribution in [0.25, 0.3) is 0 Å². The molecule has 6 nitrogen and oxygen atoms in total. The molecule has 1 heterocycles. The number of carbonyl (C=O) groups excluding carboxylic acids is 3. The van der Waals surface area contributed by atoms with Crippen LogP contribution in [0.15, 0.2) is 0 Å². The first-order valence-electron chi connectivity index (χ1n) is 7.37. The first-order chi connectivity index (χ1) is 9.86. The number of hydrogen-bond acceptors (Lipinski definition) is 6. The van der Waals surface area contributed by atoms with Crippen LogP contribution in [0.5, 0.6) is 0 Å². The first-order valence-corrected chi connectivity index (χ1v) is 7.37. The monoisotopic (exact) mass is 385 g/mol. The Kier molecular flexibility index (Phi) is 11.5. The predicted molar refractivity (Wildman–Crippen MR) is 80.8 cm³/mol. The Morgan fingerprint density at radius 2 is 1.23 bits per heavy atom. The maximum absolute atomic E-state index is 11.3. The first kappa shape index (κ1) is 22.0. The molecule has 0 aliphatic carbocycles. The van der Waals surface area contributed by atoms with Gasteiger partial charge in [0.25, 0.3) is 0 Å².